The molecular weight excluding hydrogens is 410 g/mol. The van der Waals surface area contributed by atoms with Crippen LogP contribution in [0.5, 0.6) is 0 Å². The van der Waals surface area contributed by atoms with Crippen LogP contribution in [0.25, 0.3) is 0 Å². The van der Waals surface area contributed by atoms with Crippen molar-refractivity contribution < 1.29 is 13.2 Å². The number of nitrogens with zero attached hydrogens (tertiary/aromatic N) is 2. The molecule has 6 nitrogen and oxygen atoms in total. The minimum absolute atomic E-state index is 0.110. The Bertz CT molecular complexity index is 818. The van der Waals surface area contributed by atoms with Crippen LogP contribution in [0.4, 0.5) is 5.69 Å². The number of anilines is 1. The Kier molecular flexibility index (Phi) is 7.59. The maximum absolute atomic E-state index is 12.5. The van der Waals surface area contributed by atoms with E-state index in [0.717, 1.165) is 23.3 Å². The van der Waals surface area contributed by atoms with E-state index in [2.05, 4.69) is 10.2 Å². The average molecular weight is 442 g/mol. The van der Waals surface area contributed by atoms with Crippen molar-refractivity contribution in [2.24, 2.45) is 5.92 Å². The Hall–Kier alpha value is -1.15. The summed E-state index contributed by atoms with van der Waals surface area (Å²) >= 11 is 6.19. The Labute approximate surface area is 179 Å². The highest BCUT2D eigenvalue weighted by Crippen LogP contribution is 2.31. The first kappa shape index (κ1) is 22.5. The third-order valence-electron chi connectivity index (χ3n) is 5.90. The number of amides is 1. The zero-order valence-electron chi connectivity index (χ0n) is 17.4. The van der Waals surface area contributed by atoms with Gasteiger partial charge < -0.3 is 5.32 Å². The van der Waals surface area contributed by atoms with Gasteiger partial charge in [0.1, 0.15) is 0 Å². The van der Waals surface area contributed by atoms with Crippen molar-refractivity contribution in [1.29, 1.82) is 0 Å². The maximum Gasteiger partial charge on any atom is 0.242 e. The van der Waals surface area contributed by atoms with Gasteiger partial charge in [-0.2, -0.15) is 0 Å². The molecule has 0 radical (unpaired) electrons. The summed E-state index contributed by atoms with van der Waals surface area (Å²) in [6, 6.07) is 5.01. The van der Waals surface area contributed by atoms with Gasteiger partial charge in [0.05, 0.1) is 15.6 Å². The molecule has 8 heteroatoms. The molecule has 0 spiro atoms. The molecule has 0 saturated heterocycles. The highest BCUT2D eigenvalue weighted by molar-refractivity contribution is 7.89. The van der Waals surface area contributed by atoms with Crippen molar-refractivity contribution in [3.63, 3.8) is 0 Å². The van der Waals surface area contributed by atoms with Crippen LogP contribution in [-0.2, 0) is 14.8 Å². The molecule has 0 aliphatic heterocycles. The molecule has 0 unspecified atom stereocenters. The van der Waals surface area contributed by atoms with Gasteiger partial charge >= 0.3 is 0 Å². The highest BCUT2D eigenvalue weighted by atomic mass is 35.5. The molecule has 3 rings (SSSR count). The summed E-state index contributed by atoms with van der Waals surface area (Å²) < 4.78 is 25.8. The molecule has 0 atom stereocenters. The third-order valence-corrected chi connectivity index (χ3v) is 8.04. The zero-order chi connectivity index (χ0) is 21.0. The monoisotopic (exact) mass is 441 g/mol. The number of rotatable bonds is 9. The quantitative estimate of drug-likeness (QED) is 0.629. The summed E-state index contributed by atoms with van der Waals surface area (Å²) in [5.41, 5.74) is 0.338. The van der Waals surface area contributed by atoms with E-state index in [-0.39, 0.29) is 10.8 Å². The molecule has 1 aromatic rings. The van der Waals surface area contributed by atoms with Crippen molar-refractivity contribution in [3.8, 4) is 0 Å². The first-order valence-corrected chi connectivity index (χ1v) is 12.3. The zero-order valence-corrected chi connectivity index (χ0v) is 18.9. The van der Waals surface area contributed by atoms with Crippen LogP contribution >= 0.6 is 11.6 Å². The van der Waals surface area contributed by atoms with Crippen LogP contribution in [0.3, 0.4) is 0 Å². The maximum atomic E-state index is 12.5. The van der Waals surface area contributed by atoms with Gasteiger partial charge in [0, 0.05) is 39.6 Å². The fourth-order valence-corrected chi connectivity index (χ4v) is 5.09. The first-order valence-electron chi connectivity index (χ1n) is 10.5. The predicted octanol–water partition coefficient (Wildman–Crippen LogP) is 3.96. The molecular formula is C21H32ClN3O3S. The Balaban J connectivity index is 1.58. The third kappa shape index (κ3) is 6.17. The smallest absolute Gasteiger partial charge is 0.242 e. The number of nitrogens with one attached hydrogen (secondary N) is 1. The summed E-state index contributed by atoms with van der Waals surface area (Å²) in [5.74, 6) is 0.621. The van der Waals surface area contributed by atoms with Crippen molar-refractivity contribution in [3.05, 3.63) is 23.2 Å². The Morgan fingerprint density at radius 3 is 2.45 bits per heavy atom. The topological polar surface area (TPSA) is 69.7 Å². The second kappa shape index (κ2) is 9.77. The molecule has 1 N–H and O–H groups in total. The van der Waals surface area contributed by atoms with E-state index in [1.807, 2.05) is 0 Å². The van der Waals surface area contributed by atoms with E-state index in [4.69, 9.17) is 11.6 Å². The fourth-order valence-electron chi connectivity index (χ4n) is 3.99. The van der Waals surface area contributed by atoms with Gasteiger partial charge in [-0.15, -0.1) is 0 Å². The van der Waals surface area contributed by atoms with Crippen LogP contribution in [-0.4, -0.2) is 56.8 Å². The number of halogens is 1. The average Bonchev–Trinajstić information content (AvgIpc) is 3.52. The lowest BCUT2D eigenvalue weighted by atomic mass is 9.89. The van der Waals surface area contributed by atoms with E-state index in [9.17, 15) is 13.2 Å². The predicted molar refractivity (Wildman–Crippen MR) is 117 cm³/mol. The van der Waals surface area contributed by atoms with Crippen molar-refractivity contribution in [2.75, 3.05) is 32.5 Å². The molecule has 1 amide bonds. The van der Waals surface area contributed by atoms with Crippen molar-refractivity contribution >= 4 is 33.2 Å². The van der Waals surface area contributed by atoms with Gasteiger partial charge in [-0.05, 0) is 49.8 Å². The minimum Gasteiger partial charge on any atom is -0.325 e. The summed E-state index contributed by atoms with van der Waals surface area (Å²) in [6.45, 7) is 1.83. The molecule has 2 aliphatic carbocycles. The van der Waals surface area contributed by atoms with Gasteiger partial charge in [-0.3, -0.25) is 9.69 Å². The summed E-state index contributed by atoms with van der Waals surface area (Å²) in [5, 5.41) is 3.13. The van der Waals surface area contributed by atoms with Gasteiger partial charge in [0.2, 0.25) is 15.9 Å². The molecule has 2 fully saturated rings. The van der Waals surface area contributed by atoms with Gasteiger partial charge in [-0.1, -0.05) is 30.9 Å². The van der Waals surface area contributed by atoms with Gasteiger partial charge in [0.25, 0.3) is 0 Å². The standard InChI is InChI=1S/C21H32ClN3O3S/c1-24(2)29(27,28)18-10-11-19(22)20(14-18)23-21(26)12-13-25(17-8-9-17)15-16-6-4-3-5-7-16/h10-11,14,16-17H,3-9,12-13,15H2,1-2H3,(H,23,26). The normalized spacial score (nSPS) is 18.4. The van der Waals surface area contributed by atoms with Crippen LogP contribution in [0.15, 0.2) is 23.1 Å². The number of carbonyl (C=O) groups is 1. The number of hydrogen-bond acceptors (Lipinski definition) is 4. The number of hydrogen-bond donors (Lipinski definition) is 1. The van der Waals surface area contributed by atoms with Crippen molar-refractivity contribution in [1.82, 2.24) is 9.21 Å². The number of sulfonamides is 1. The van der Waals surface area contributed by atoms with E-state index in [0.29, 0.717) is 23.2 Å². The SMILES string of the molecule is CN(C)S(=O)(=O)c1ccc(Cl)c(NC(=O)CCN(CC2CCCCC2)C2CC2)c1. The molecule has 2 aliphatic rings. The number of benzene rings is 1. The molecule has 29 heavy (non-hydrogen) atoms. The lowest BCUT2D eigenvalue weighted by Gasteiger charge is -2.29. The lowest BCUT2D eigenvalue weighted by Crippen LogP contribution is -2.35. The Morgan fingerprint density at radius 2 is 1.83 bits per heavy atom. The van der Waals surface area contributed by atoms with Crippen LogP contribution in [0.2, 0.25) is 5.02 Å². The molecule has 0 heterocycles. The second-order valence-electron chi connectivity index (χ2n) is 8.46. The largest absolute Gasteiger partial charge is 0.325 e. The molecule has 0 aromatic heterocycles. The first-order chi connectivity index (χ1) is 13.8. The van der Waals surface area contributed by atoms with Crippen LogP contribution in [0.1, 0.15) is 51.4 Å². The molecule has 0 bridgehead atoms. The summed E-state index contributed by atoms with van der Waals surface area (Å²) in [4.78, 5) is 15.1. The molecule has 162 valence electrons. The minimum atomic E-state index is -3.58. The molecule has 2 saturated carbocycles. The van der Waals surface area contributed by atoms with Crippen LogP contribution < -0.4 is 5.32 Å². The van der Waals surface area contributed by atoms with E-state index < -0.39 is 10.0 Å². The van der Waals surface area contributed by atoms with E-state index in [1.54, 1.807) is 0 Å². The van der Waals surface area contributed by atoms with E-state index in [1.165, 1.54) is 77.2 Å². The molecule has 1 aromatic carbocycles. The highest BCUT2D eigenvalue weighted by Gasteiger charge is 2.31. The lowest BCUT2D eigenvalue weighted by molar-refractivity contribution is -0.116. The fraction of sp³-hybridized carbons (Fsp3) is 0.667. The van der Waals surface area contributed by atoms with Crippen molar-refractivity contribution in [2.45, 2.75) is 62.3 Å². The van der Waals surface area contributed by atoms with Gasteiger partial charge in [-0.25, -0.2) is 12.7 Å². The van der Waals surface area contributed by atoms with Gasteiger partial charge in [0.15, 0.2) is 0 Å². The van der Waals surface area contributed by atoms with E-state index >= 15 is 0 Å². The van der Waals surface area contributed by atoms with Crippen LogP contribution in [0, 0.1) is 5.92 Å². The summed E-state index contributed by atoms with van der Waals surface area (Å²) in [7, 11) is -0.636. The summed E-state index contributed by atoms with van der Waals surface area (Å²) in [6.07, 6.45) is 9.45. The number of carbonyl (C=O) groups excluding carboxylic acids is 1. The Morgan fingerprint density at radius 1 is 1.14 bits per heavy atom. The second-order valence-corrected chi connectivity index (χ2v) is 11.0.